The van der Waals surface area contributed by atoms with E-state index >= 15 is 0 Å². The summed E-state index contributed by atoms with van der Waals surface area (Å²) in [4.78, 5) is 11.0. The van der Waals surface area contributed by atoms with Gasteiger partial charge in [-0.2, -0.15) is 0 Å². The third-order valence-electron chi connectivity index (χ3n) is 9.59. The van der Waals surface area contributed by atoms with Gasteiger partial charge in [0.25, 0.3) is 0 Å². The van der Waals surface area contributed by atoms with Crippen LogP contribution in [0.15, 0.2) is 179 Å². The summed E-state index contributed by atoms with van der Waals surface area (Å²) in [6, 6.07) is 55.4. The third kappa shape index (κ3) is 4.10. The summed E-state index contributed by atoms with van der Waals surface area (Å²) in [6.45, 7) is 0. The number of hydrogen-bond acceptors (Lipinski definition) is 4. The molecule has 10 rings (SSSR count). The van der Waals surface area contributed by atoms with Crippen LogP contribution in [-0.2, 0) is 0 Å². The van der Waals surface area contributed by atoms with Crippen LogP contribution in [0.1, 0.15) is 11.1 Å². The Morgan fingerprint density at radius 1 is 0.312 bits per heavy atom. The van der Waals surface area contributed by atoms with Crippen molar-refractivity contribution in [2.24, 2.45) is 9.98 Å². The molecule has 0 atom stereocenters. The number of nitrogens with one attached hydrogen (secondary N) is 2. The van der Waals surface area contributed by atoms with E-state index in [0.29, 0.717) is 0 Å². The predicted molar refractivity (Wildman–Crippen MR) is 202 cm³/mol. The summed E-state index contributed by atoms with van der Waals surface area (Å²) in [6.07, 6.45) is 0. The molecule has 2 N–H and O–H groups in total. The lowest BCUT2D eigenvalue weighted by atomic mass is 10.0. The first-order valence-electron chi connectivity index (χ1n) is 16.3. The molecule has 0 radical (unpaired) electrons. The number of aliphatic imine (C=N–C) groups is 2. The standard InChI is InChI=1S/C44H28N4/c1-5-17-31-27(11-1)15-9-21-37(31)45-41-35-25-23-29-13-3-7-19-33(29)39(35)47-43(41)44-42(46-38-22-10-16-28-12-2-6-18-32(28)38)36-26-24-30-14-4-8-20-34(30)40(36)48-44/h1-26,47-48H/b44-43+,45-41?,46-42?. The normalized spacial score (nSPS) is 16.9. The van der Waals surface area contributed by atoms with Crippen molar-refractivity contribution in [3.05, 3.63) is 180 Å². The number of anilines is 2. The van der Waals surface area contributed by atoms with Crippen LogP contribution in [-0.4, -0.2) is 11.4 Å². The molecule has 48 heavy (non-hydrogen) atoms. The van der Waals surface area contributed by atoms with Gasteiger partial charge < -0.3 is 10.6 Å². The maximum absolute atomic E-state index is 5.48. The molecule has 0 saturated heterocycles. The summed E-state index contributed by atoms with van der Waals surface area (Å²) >= 11 is 0. The highest BCUT2D eigenvalue weighted by atomic mass is 15.1. The van der Waals surface area contributed by atoms with Crippen LogP contribution in [0.2, 0.25) is 0 Å². The predicted octanol–water partition coefficient (Wildman–Crippen LogP) is 11.3. The Morgan fingerprint density at radius 2 is 0.667 bits per heavy atom. The Hall–Kier alpha value is -6.52. The molecule has 2 aliphatic heterocycles. The van der Waals surface area contributed by atoms with Crippen molar-refractivity contribution in [3.8, 4) is 0 Å². The Labute approximate surface area is 277 Å². The minimum Gasteiger partial charge on any atom is -0.351 e. The van der Waals surface area contributed by atoms with Crippen LogP contribution in [0.4, 0.5) is 22.7 Å². The SMILES string of the molecule is c1ccc2c(N=C3/C(=C4\Nc5c(ccc6ccccc56)C4=Nc4cccc5ccccc45)Nc4c3ccc3ccccc43)cccc2c1. The molecule has 0 fully saturated rings. The van der Waals surface area contributed by atoms with E-state index in [1.54, 1.807) is 0 Å². The van der Waals surface area contributed by atoms with Crippen LogP contribution < -0.4 is 10.6 Å². The second-order valence-corrected chi connectivity index (χ2v) is 12.3. The fraction of sp³-hybridized carbons (Fsp3) is 0. The van der Waals surface area contributed by atoms with E-state index in [9.17, 15) is 0 Å². The van der Waals surface area contributed by atoms with Gasteiger partial charge in [-0.05, 0) is 45.8 Å². The van der Waals surface area contributed by atoms with Crippen LogP contribution in [0.5, 0.6) is 0 Å². The van der Waals surface area contributed by atoms with Gasteiger partial charge in [-0.3, -0.25) is 0 Å². The molecule has 0 aromatic heterocycles. The molecule has 0 amide bonds. The van der Waals surface area contributed by atoms with Crippen molar-refractivity contribution in [2.45, 2.75) is 0 Å². The summed E-state index contributed by atoms with van der Waals surface area (Å²) < 4.78 is 0. The molecule has 8 aromatic rings. The van der Waals surface area contributed by atoms with E-state index in [1.807, 2.05) is 0 Å². The molecule has 0 saturated carbocycles. The molecule has 0 unspecified atom stereocenters. The van der Waals surface area contributed by atoms with Crippen molar-refractivity contribution < 1.29 is 0 Å². The summed E-state index contributed by atoms with van der Waals surface area (Å²) in [5, 5.41) is 17.0. The zero-order valence-electron chi connectivity index (χ0n) is 25.9. The number of hydrogen-bond donors (Lipinski definition) is 2. The second kappa shape index (κ2) is 10.5. The lowest BCUT2D eigenvalue weighted by Gasteiger charge is -2.11. The molecule has 8 aromatic carbocycles. The molecule has 0 aliphatic carbocycles. The van der Waals surface area contributed by atoms with Crippen LogP contribution in [0.3, 0.4) is 0 Å². The lowest BCUT2D eigenvalue weighted by Crippen LogP contribution is -2.14. The summed E-state index contributed by atoms with van der Waals surface area (Å²) in [7, 11) is 0. The van der Waals surface area contributed by atoms with Crippen molar-refractivity contribution in [1.29, 1.82) is 0 Å². The molecule has 224 valence electrons. The fourth-order valence-corrected chi connectivity index (χ4v) is 7.29. The van der Waals surface area contributed by atoms with Crippen molar-refractivity contribution in [1.82, 2.24) is 0 Å². The molecular formula is C44H28N4. The molecule has 4 heteroatoms. The van der Waals surface area contributed by atoms with Crippen LogP contribution >= 0.6 is 0 Å². The second-order valence-electron chi connectivity index (χ2n) is 12.3. The Bertz CT molecular complexity index is 2530. The highest BCUT2D eigenvalue weighted by molar-refractivity contribution is 6.34. The van der Waals surface area contributed by atoms with Gasteiger partial charge in [0.15, 0.2) is 0 Å². The maximum atomic E-state index is 5.48. The van der Waals surface area contributed by atoms with Crippen molar-refractivity contribution >= 4 is 77.3 Å². The first kappa shape index (κ1) is 26.7. The number of nitrogens with zero attached hydrogens (tertiary/aromatic N) is 2. The lowest BCUT2D eigenvalue weighted by molar-refractivity contribution is 1.46. The van der Waals surface area contributed by atoms with Gasteiger partial charge in [0.2, 0.25) is 0 Å². The average molecular weight is 613 g/mol. The first-order chi connectivity index (χ1) is 23.8. The molecule has 0 bridgehead atoms. The van der Waals surface area contributed by atoms with Gasteiger partial charge in [0.05, 0.1) is 45.6 Å². The number of rotatable bonds is 2. The first-order valence-corrected chi connectivity index (χ1v) is 16.3. The van der Waals surface area contributed by atoms with Crippen molar-refractivity contribution in [2.75, 3.05) is 10.6 Å². The fourth-order valence-electron chi connectivity index (χ4n) is 7.29. The zero-order valence-corrected chi connectivity index (χ0v) is 25.9. The van der Waals surface area contributed by atoms with Gasteiger partial charge in [0.1, 0.15) is 0 Å². The Morgan fingerprint density at radius 3 is 1.10 bits per heavy atom. The van der Waals surface area contributed by atoms with Gasteiger partial charge in [-0.15, -0.1) is 0 Å². The molecule has 2 heterocycles. The summed E-state index contributed by atoms with van der Waals surface area (Å²) in [5.74, 6) is 0. The summed E-state index contributed by atoms with van der Waals surface area (Å²) in [5.41, 5.74) is 9.70. The van der Waals surface area contributed by atoms with E-state index in [1.165, 1.54) is 10.8 Å². The number of allylic oxidation sites excluding steroid dienone is 2. The molecule has 0 spiro atoms. The van der Waals surface area contributed by atoms with Gasteiger partial charge in [-0.1, -0.05) is 133 Å². The minimum absolute atomic E-state index is 0.886. The van der Waals surface area contributed by atoms with Gasteiger partial charge >= 0.3 is 0 Å². The number of benzene rings is 8. The Balaban J connectivity index is 1.29. The zero-order chi connectivity index (χ0) is 31.6. The maximum Gasteiger partial charge on any atom is 0.0987 e. The highest BCUT2D eigenvalue weighted by Gasteiger charge is 2.34. The monoisotopic (exact) mass is 612 g/mol. The molecule has 4 nitrogen and oxygen atoms in total. The molecular weight excluding hydrogens is 585 g/mol. The minimum atomic E-state index is 0.886. The highest BCUT2D eigenvalue weighted by Crippen LogP contribution is 2.43. The largest absolute Gasteiger partial charge is 0.351 e. The van der Waals surface area contributed by atoms with Crippen LogP contribution in [0, 0.1) is 0 Å². The third-order valence-corrected chi connectivity index (χ3v) is 9.59. The Kier molecular flexibility index (Phi) is 5.84. The van der Waals surface area contributed by atoms with E-state index in [4.69, 9.17) is 9.98 Å². The average Bonchev–Trinajstić information content (AvgIpc) is 3.70. The van der Waals surface area contributed by atoms with E-state index in [0.717, 1.165) is 89.0 Å². The number of fused-ring (bicyclic) bond motifs is 8. The molecule has 2 aliphatic rings. The van der Waals surface area contributed by atoms with E-state index in [-0.39, 0.29) is 0 Å². The van der Waals surface area contributed by atoms with Crippen LogP contribution in [0.25, 0.3) is 43.1 Å². The topological polar surface area (TPSA) is 48.8 Å². The quantitative estimate of drug-likeness (QED) is 0.204. The van der Waals surface area contributed by atoms with Crippen molar-refractivity contribution in [3.63, 3.8) is 0 Å². The van der Waals surface area contributed by atoms with Gasteiger partial charge in [-0.25, -0.2) is 9.98 Å². The smallest absolute Gasteiger partial charge is 0.0987 e. The van der Waals surface area contributed by atoms with E-state index in [2.05, 4.69) is 168 Å². The van der Waals surface area contributed by atoms with E-state index < -0.39 is 0 Å². The van der Waals surface area contributed by atoms with Gasteiger partial charge in [0, 0.05) is 32.7 Å².